The van der Waals surface area contributed by atoms with Crippen LogP contribution in [0.1, 0.15) is 0 Å². The predicted molar refractivity (Wildman–Crippen MR) is 31.8 cm³/mol. The summed E-state index contributed by atoms with van der Waals surface area (Å²) < 4.78 is 19.5. The molecule has 5 nitrogen and oxygen atoms in total. The highest BCUT2D eigenvalue weighted by Crippen LogP contribution is 2.22. The third kappa shape index (κ3) is 1.28. The fourth-order valence-corrected chi connectivity index (χ4v) is 0.735. The Morgan fingerprint density at radius 1 is 1.50 bits per heavy atom. The van der Waals surface area contributed by atoms with Crippen LogP contribution in [-0.4, -0.2) is 33.2 Å². The number of hydrogen-bond acceptors (Lipinski definition) is 5. The van der Waals surface area contributed by atoms with E-state index in [4.69, 9.17) is 24.7 Å². The zero-order valence-corrected chi connectivity index (χ0v) is 5.99. The van der Waals surface area contributed by atoms with Crippen LogP contribution in [-0.2, 0) is 18.9 Å². The van der Waals surface area contributed by atoms with Crippen molar-refractivity contribution in [2.24, 2.45) is 5.73 Å². The number of methoxy groups -OCH3 is 2. The van der Waals surface area contributed by atoms with Crippen molar-refractivity contribution >= 4 is 0 Å². The minimum atomic E-state index is -1.38. The van der Waals surface area contributed by atoms with E-state index in [9.17, 15) is 0 Å². The first-order chi connectivity index (χ1) is 4.72. The van der Waals surface area contributed by atoms with E-state index in [1.54, 1.807) is 0 Å². The molecule has 0 spiro atoms. The van der Waals surface area contributed by atoms with Crippen LogP contribution < -0.4 is 5.73 Å². The zero-order chi connectivity index (χ0) is 7.61. The van der Waals surface area contributed by atoms with Crippen LogP contribution in [0.3, 0.4) is 0 Å². The molecule has 1 fully saturated rings. The first-order valence-corrected chi connectivity index (χ1v) is 2.90. The van der Waals surface area contributed by atoms with Gasteiger partial charge in [0.25, 0.3) is 0 Å². The largest absolute Gasteiger partial charge is 0.413 e. The van der Waals surface area contributed by atoms with Crippen molar-refractivity contribution in [3.63, 3.8) is 0 Å². The van der Waals surface area contributed by atoms with Crippen molar-refractivity contribution in [3.8, 4) is 0 Å². The summed E-state index contributed by atoms with van der Waals surface area (Å²) in [6.07, 6.45) is -1.85. The third-order valence-corrected chi connectivity index (χ3v) is 1.22. The molecule has 60 valence electrons. The Bertz CT molecular complexity index is 114. The summed E-state index contributed by atoms with van der Waals surface area (Å²) >= 11 is 0. The summed E-state index contributed by atoms with van der Waals surface area (Å²) in [6, 6.07) is 0. The molecule has 1 rings (SSSR count). The van der Waals surface area contributed by atoms with Crippen LogP contribution in [0.4, 0.5) is 0 Å². The SMILES string of the molecule is COC1(OC)OCC(N)O1. The highest BCUT2D eigenvalue weighted by molar-refractivity contribution is 4.56. The van der Waals surface area contributed by atoms with E-state index in [1.807, 2.05) is 0 Å². The smallest absolute Gasteiger partial charge is 0.307 e. The van der Waals surface area contributed by atoms with Gasteiger partial charge in [0.05, 0.1) is 6.61 Å². The molecule has 1 aliphatic rings. The van der Waals surface area contributed by atoms with Gasteiger partial charge in [-0.05, 0) is 0 Å². The molecule has 1 atom stereocenters. The summed E-state index contributed by atoms with van der Waals surface area (Å²) in [5.74, 6) is 0. The van der Waals surface area contributed by atoms with E-state index >= 15 is 0 Å². The van der Waals surface area contributed by atoms with Gasteiger partial charge in [-0.2, -0.15) is 0 Å². The monoisotopic (exact) mass is 149 g/mol. The molecule has 0 aromatic heterocycles. The number of rotatable bonds is 2. The van der Waals surface area contributed by atoms with Crippen LogP contribution in [0.25, 0.3) is 0 Å². The molecule has 0 aromatic rings. The lowest BCUT2D eigenvalue weighted by Crippen LogP contribution is -2.36. The second kappa shape index (κ2) is 2.81. The molecule has 0 aromatic carbocycles. The van der Waals surface area contributed by atoms with Gasteiger partial charge < -0.3 is 15.2 Å². The van der Waals surface area contributed by atoms with E-state index in [0.717, 1.165) is 0 Å². The molecule has 10 heavy (non-hydrogen) atoms. The first-order valence-electron chi connectivity index (χ1n) is 2.90. The first kappa shape index (κ1) is 7.90. The molecular formula is C5H11NO4. The Kier molecular flexibility index (Phi) is 2.22. The van der Waals surface area contributed by atoms with Crippen molar-refractivity contribution in [2.75, 3.05) is 20.8 Å². The molecule has 5 heteroatoms. The van der Waals surface area contributed by atoms with Crippen molar-refractivity contribution in [3.05, 3.63) is 0 Å². The molecule has 1 aliphatic heterocycles. The highest BCUT2D eigenvalue weighted by atomic mass is 17.0. The molecule has 1 unspecified atom stereocenters. The summed E-state index contributed by atoms with van der Waals surface area (Å²) in [5.41, 5.74) is 5.35. The van der Waals surface area contributed by atoms with Gasteiger partial charge in [-0.15, -0.1) is 0 Å². The van der Waals surface area contributed by atoms with Gasteiger partial charge >= 0.3 is 6.16 Å². The molecule has 0 aliphatic carbocycles. The number of ether oxygens (including phenoxy) is 4. The maximum Gasteiger partial charge on any atom is 0.413 e. The van der Waals surface area contributed by atoms with Crippen molar-refractivity contribution < 1.29 is 18.9 Å². The van der Waals surface area contributed by atoms with Gasteiger partial charge in [0, 0.05) is 14.2 Å². The van der Waals surface area contributed by atoms with Gasteiger partial charge in [-0.1, -0.05) is 0 Å². The summed E-state index contributed by atoms with van der Waals surface area (Å²) in [4.78, 5) is 0. The van der Waals surface area contributed by atoms with Crippen LogP contribution in [0.15, 0.2) is 0 Å². The molecule has 1 heterocycles. The van der Waals surface area contributed by atoms with Gasteiger partial charge in [0.15, 0.2) is 0 Å². The fourth-order valence-electron chi connectivity index (χ4n) is 0.735. The Labute approximate surface area is 59.0 Å². The van der Waals surface area contributed by atoms with E-state index in [-0.39, 0.29) is 6.61 Å². The molecular weight excluding hydrogens is 138 g/mol. The molecule has 2 N–H and O–H groups in total. The van der Waals surface area contributed by atoms with Crippen molar-refractivity contribution in [1.82, 2.24) is 0 Å². The average molecular weight is 149 g/mol. The molecule has 0 saturated carbocycles. The van der Waals surface area contributed by atoms with Crippen LogP contribution in [0.5, 0.6) is 0 Å². The lowest BCUT2D eigenvalue weighted by molar-refractivity contribution is -0.452. The molecule has 0 bridgehead atoms. The third-order valence-electron chi connectivity index (χ3n) is 1.22. The Morgan fingerprint density at radius 3 is 2.30 bits per heavy atom. The zero-order valence-electron chi connectivity index (χ0n) is 5.99. The van der Waals surface area contributed by atoms with Crippen LogP contribution in [0, 0.1) is 0 Å². The van der Waals surface area contributed by atoms with Crippen LogP contribution in [0.2, 0.25) is 0 Å². The Morgan fingerprint density at radius 2 is 2.10 bits per heavy atom. The number of hydrogen-bond donors (Lipinski definition) is 1. The van der Waals surface area contributed by atoms with Crippen molar-refractivity contribution in [2.45, 2.75) is 12.4 Å². The topological polar surface area (TPSA) is 62.9 Å². The fraction of sp³-hybridized carbons (Fsp3) is 1.00. The van der Waals surface area contributed by atoms with Gasteiger partial charge in [-0.25, -0.2) is 0 Å². The predicted octanol–water partition coefficient (Wildman–Crippen LogP) is -0.778. The molecule has 1 saturated heterocycles. The van der Waals surface area contributed by atoms with Crippen molar-refractivity contribution in [1.29, 1.82) is 0 Å². The van der Waals surface area contributed by atoms with Gasteiger partial charge in [-0.3, -0.25) is 9.47 Å². The summed E-state index contributed by atoms with van der Waals surface area (Å²) in [5, 5.41) is 0. The summed E-state index contributed by atoms with van der Waals surface area (Å²) in [7, 11) is 2.84. The standard InChI is InChI=1S/C5H11NO4/c1-7-5(8-2)9-3-4(6)10-5/h4H,3,6H2,1-2H3. The summed E-state index contributed by atoms with van der Waals surface area (Å²) in [6.45, 7) is 0.279. The lowest BCUT2D eigenvalue weighted by atomic mass is 10.7. The second-order valence-electron chi connectivity index (χ2n) is 1.88. The van der Waals surface area contributed by atoms with E-state index in [0.29, 0.717) is 0 Å². The van der Waals surface area contributed by atoms with E-state index in [2.05, 4.69) is 0 Å². The molecule has 0 radical (unpaired) electrons. The highest BCUT2D eigenvalue weighted by Gasteiger charge is 2.41. The lowest BCUT2D eigenvalue weighted by Gasteiger charge is -2.21. The van der Waals surface area contributed by atoms with E-state index < -0.39 is 12.4 Å². The maximum absolute atomic E-state index is 5.35. The van der Waals surface area contributed by atoms with E-state index in [1.165, 1.54) is 14.2 Å². The Balaban J connectivity index is 2.51. The van der Waals surface area contributed by atoms with Crippen LogP contribution >= 0.6 is 0 Å². The second-order valence-corrected chi connectivity index (χ2v) is 1.88. The minimum Gasteiger partial charge on any atom is -0.307 e. The maximum atomic E-state index is 5.35. The molecule has 0 amide bonds. The average Bonchev–Trinajstić information content (AvgIpc) is 2.33. The minimum absolute atomic E-state index is 0.279. The quantitative estimate of drug-likeness (QED) is 0.522. The van der Waals surface area contributed by atoms with Gasteiger partial charge in [0.2, 0.25) is 0 Å². The number of nitrogens with two attached hydrogens (primary N) is 1. The Hall–Kier alpha value is -0.200. The normalized spacial score (nSPS) is 30.9. The van der Waals surface area contributed by atoms with Gasteiger partial charge in [0.1, 0.15) is 6.23 Å².